The molecule has 7 heteroatoms. The van der Waals surface area contributed by atoms with E-state index < -0.39 is 17.8 Å². The molecule has 0 spiro atoms. The van der Waals surface area contributed by atoms with Gasteiger partial charge in [0.25, 0.3) is 5.91 Å². The third-order valence-electron chi connectivity index (χ3n) is 5.77. The molecule has 1 amide bonds. The zero-order chi connectivity index (χ0) is 23.8. The number of carbonyl (C=O) groups is 1. The molecule has 1 aromatic heterocycles. The molecule has 0 saturated heterocycles. The summed E-state index contributed by atoms with van der Waals surface area (Å²) in [6.45, 7) is 4.62. The maximum absolute atomic E-state index is 13.7. The van der Waals surface area contributed by atoms with Crippen LogP contribution < -0.4 is 19.8 Å². The second kappa shape index (κ2) is 8.67. The largest absolute Gasteiger partial charge is 0.490 e. The zero-order valence-electron chi connectivity index (χ0n) is 18.7. The van der Waals surface area contributed by atoms with Gasteiger partial charge in [-0.15, -0.1) is 0 Å². The quantitative estimate of drug-likeness (QED) is 0.382. The molecule has 0 fully saturated rings. The van der Waals surface area contributed by atoms with Crippen LogP contribution in [0, 0.1) is 5.82 Å². The van der Waals surface area contributed by atoms with E-state index in [9.17, 15) is 14.0 Å². The maximum Gasteiger partial charge on any atom is 0.295 e. The number of fused-ring (bicyclic) bond motifs is 2. The van der Waals surface area contributed by atoms with Crippen LogP contribution in [0.3, 0.4) is 0 Å². The molecule has 4 aromatic rings. The van der Waals surface area contributed by atoms with Gasteiger partial charge in [0.1, 0.15) is 11.4 Å². The Kier molecular flexibility index (Phi) is 5.53. The van der Waals surface area contributed by atoms with Gasteiger partial charge in [0.05, 0.1) is 30.2 Å². The first-order valence-electron chi connectivity index (χ1n) is 11.1. The number of carbonyl (C=O) groups excluding carboxylic acids is 1. The lowest BCUT2D eigenvalue weighted by Crippen LogP contribution is -2.29. The molecule has 0 radical (unpaired) electrons. The van der Waals surface area contributed by atoms with Crippen LogP contribution in [0.25, 0.3) is 11.0 Å². The Morgan fingerprint density at radius 3 is 2.35 bits per heavy atom. The highest BCUT2D eigenvalue weighted by Gasteiger charge is 2.44. The molecule has 0 saturated carbocycles. The molecule has 0 bridgehead atoms. The Morgan fingerprint density at radius 1 is 0.912 bits per heavy atom. The van der Waals surface area contributed by atoms with E-state index in [4.69, 9.17) is 13.9 Å². The van der Waals surface area contributed by atoms with E-state index in [2.05, 4.69) is 0 Å². The fourth-order valence-electron chi connectivity index (χ4n) is 4.34. The smallest absolute Gasteiger partial charge is 0.295 e. The van der Waals surface area contributed by atoms with Crippen molar-refractivity contribution in [1.29, 1.82) is 0 Å². The lowest BCUT2D eigenvalue weighted by Gasteiger charge is -2.26. The predicted molar refractivity (Wildman–Crippen MR) is 126 cm³/mol. The molecule has 3 aromatic carbocycles. The number of hydrogen-bond donors (Lipinski definition) is 0. The minimum absolute atomic E-state index is 0.0233. The topological polar surface area (TPSA) is 69.0 Å². The molecule has 0 aliphatic carbocycles. The van der Waals surface area contributed by atoms with E-state index in [0.29, 0.717) is 46.9 Å². The van der Waals surface area contributed by atoms with Crippen LogP contribution in [0.1, 0.15) is 41.6 Å². The Hall–Kier alpha value is -4.13. The van der Waals surface area contributed by atoms with Crippen LogP contribution in [-0.2, 0) is 0 Å². The number of nitrogens with zero attached hydrogens (tertiary/aromatic N) is 1. The van der Waals surface area contributed by atoms with Gasteiger partial charge in [0.15, 0.2) is 16.9 Å². The van der Waals surface area contributed by atoms with Gasteiger partial charge in [0, 0.05) is 5.69 Å². The summed E-state index contributed by atoms with van der Waals surface area (Å²) in [4.78, 5) is 28.6. The minimum Gasteiger partial charge on any atom is -0.490 e. The van der Waals surface area contributed by atoms with Gasteiger partial charge >= 0.3 is 0 Å². The number of benzene rings is 3. The first-order valence-corrected chi connectivity index (χ1v) is 11.1. The summed E-state index contributed by atoms with van der Waals surface area (Å²) in [7, 11) is 0. The fraction of sp³-hybridized carbons (Fsp3) is 0.185. The number of para-hydroxylation sites is 1. The Bertz CT molecular complexity index is 1440. The van der Waals surface area contributed by atoms with Gasteiger partial charge in [0.2, 0.25) is 5.76 Å². The van der Waals surface area contributed by atoms with Crippen molar-refractivity contribution in [2.24, 2.45) is 0 Å². The SMILES string of the molecule is CCOc1ccc(C2c3c(oc4ccccc4c3=O)C(=O)N2c2ccc(F)cc2)cc1OCC. The van der Waals surface area contributed by atoms with Gasteiger partial charge in [-0.25, -0.2) is 4.39 Å². The number of ether oxygens (including phenoxy) is 2. The predicted octanol–water partition coefficient (Wildman–Crippen LogP) is 5.48. The van der Waals surface area contributed by atoms with E-state index >= 15 is 0 Å². The van der Waals surface area contributed by atoms with Crippen molar-refractivity contribution in [3.63, 3.8) is 0 Å². The fourth-order valence-corrected chi connectivity index (χ4v) is 4.34. The third kappa shape index (κ3) is 3.50. The summed E-state index contributed by atoms with van der Waals surface area (Å²) >= 11 is 0. The molecule has 1 aliphatic heterocycles. The summed E-state index contributed by atoms with van der Waals surface area (Å²) in [6, 6.07) is 16.9. The highest BCUT2D eigenvalue weighted by Crippen LogP contribution is 2.43. The molecule has 1 aliphatic rings. The van der Waals surface area contributed by atoms with Crippen LogP contribution >= 0.6 is 0 Å². The second-order valence-corrected chi connectivity index (χ2v) is 7.80. The molecule has 5 rings (SSSR count). The average Bonchev–Trinajstić information content (AvgIpc) is 3.14. The zero-order valence-corrected chi connectivity index (χ0v) is 18.7. The van der Waals surface area contributed by atoms with E-state index in [0.717, 1.165) is 0 Å². The summed E-state index contributed by atoms with van der Waals surface area (Å²) < 4.78 is 31.1. The number of rotatable bonds is 6. The molecule has 1 unspecified atom stereocenters. The van der Waals surface area contributed by atoms with Crippen LogP contribution in [0.4, 0.5) is 10.1 Å². The van der Waals surface area contributed by atoms with Crippen molar-refractivity contribution < 1.29 is 23.1 Å². The van der Waals surface area contributed by atoms with Crippen LogP contribution in [0.5, 0.6) is 11.5 Å². The van der Waals surface area contributed by atoms with Crippen molar-refractivity contribution in [2.45, 2.75) is 19.9 Å². The van der Waals surface area contributed by atoms with E-state index in [1.54, 1.807) is 42.5 Å². The van der Waals surface area contributed by atoms with Crippen LogP contribution in [0.2, 0.25) is 0 Å². The van der Waals surface area contributed by atoms with Gasteiger partial charge in [-0.2, -0.15) is 0 Å². The highest BCUT2D eigenvalue weighted by molar-refractivity contribution is 6.10. The Labute approximate surface area is 195 Å². The number of amides is 1. The molecular weight excluding hydrogens is 437 g/mol. The lowest BCUT2D eigenvalue weighted by molar-refractivity contribution is 0.0971. The van der Waals surface area contributed by atoms with Crippen molar-refractivity contribution in [1.82, 2.24) is 0 Å². The summed E-state index contributed by atoms with van der Waals surface area (Å²) in [5.74, 6) is 0.152. The molecular formula is C27H22FNO5. The van der Waals surface area contributed by atoms with Gasteiger partial charge in [-0.3, -0.25) is 14.5 Å². The number of hydrogen-bond acceptors (Lipinski definition) is 5. The van der Waals surface area contributed by atoms with E-state index in [1.807, 2.05) is 13.8 Å². The van der Waals surface area contributed by atoms with Gasteiger partial charge < -0.3 is 13.9 Å². The first kappa shape index (κ1) is 21.7. The molecule has 0 N–H and O–H groups in total. The van der Waals surface area contributed by atoms with Crippen molar-refractivity contribution in [3.8, 4) is 11.5 Å². The normalized spacial score (nSPS) is 15.0. The van der Waals surface area contributed by atoms with Crippen molar-refractivity contribution in [2.75, 3.05) is 18.1 Å². The summed E-state index contributed by atoms with van der Waals surface area (Å²) in [5.41, 5.74) is 1.37. The first-order chi connectivity index (χ1) is 16.5. The van der Waals surface area contributed by atoms with Gasteiger partial charge in [-0.1, -0.05) is 18.2 Å². The molecule has 2 heterocycles. The molecule has 34 heavy (non-hydrogen) atoms. The monoisotopic (exact) mass is 459 g/mol. The minimum atomic E-state index is -0.788. The van der Waals surface area contributed by atoms with Gasteiger partial charge in [-0.05, 0) is 67.9 Å². The van der Waals surface area contributed by atoms with E-state index in [-0.39, 0.29) is 16.8 Å². The number of halogens is 1. The summed E-state index contributed by atoms with van der Waals surface area (Å²) in [5, 5.41) is 0.385. The maximum atomic E-state index is 13.7. The average molecular weight is 459 g/mol. The van der Waals surface area contributed by atoms with E-state index in [1.165, 1.54) is 29.2 Å². The van der Waals surface area contributed by atoms with Crippen molar-refractivity contribution in [3.05, 3.63) is 99.7 Å². The molecule has 6 nitrogen and oxygen atoms in total. The van der Waals surface area contributed by atoms with Crippen molar-refractivity contribution >= 4 is 22.6 Å². The highest BCUT2D eigenvalue weighted by atomic mass is 19.1. The Balaban J connectivity index is 1.76. The third-order valence-corrected chi connectivity index (χ3v) is 5.77. The number of anilines is 1. The molecule has 1 atom stereocenters. The second-order valence-electron chi connectivity index (χ2n) is 7.80. The van der Waals surface area contributed by atoms with Crippen LogP contribution in [-0.4, -0.2) is 19.1 Å². The summed E-state index contributed by atoms with van der Waals surface area (Å²) in [6.07, 6.45) is 0. The molecule has 172 valence electrons. The Morgan fingerprint density at radius 2 is 1.62 bits per heavy atom. The van der Waals surface area contributed by atoms with Crippen LogP contribution in [0.15, 0.2) is 75.9 Å². The standard InChI is InChI=1S/C27H22FNO5/c1-3-32-21-14-9-16(15-22(21)33-4-2)24-23-25(30)19-7-5-6-8-20(19)34-26(23)27(31)29(24)18-12-10-17(28)11-13-18/h5-15,24H,3-4H2,1-2H3. The lowest BCUT2D eigenvalue weighted by atomic mass is 9.97.